The van der Waals surface area contributed by atoms with Gasteiger partial charge in [0.05, 0.1) is 0 Å². The maximum absolute atomic E-state index is 4.57. The first-order chi connectivity index (χ1) is 10.6. The van der Waals surface area contributed by atoms with Gasteiger partial charge in [-0.3, -0.25) is 0 Å². The van der Waals surface area contributed by atoms with Crippen LogP contribution in [0.5, 0.6) is 0 Å². The second-order valence-corrected chi connectivity index (χ2v) is 6.27. The van der Waals surface area contributed by atoms with Crippen LogP contribution in [0.1, 0.15) is 16.8 Å². The molecular weight excluding hydrogens is 294 g/mol. The molecular formula is C16H19N5S. The molecule has 0 fully saturated rings. The first kappa shape index (κ1) is 14.8. The number of aryl methyl sites for hydroxylation is 1. The molecule has 1 aromatic carbocycles. The van der Waals surface area contributed by atoms with Crippen molar-refractivity contribution < 1.29 is 0 Å². The van der Waals surface area contributed by atoms with Crippen LogP contribution in [-0.4, -0.2) is 39.9 Å². The Morgan fingerprint density at radius 2 is 2.09 bits per heavy atom. The molecule has 0 saturated heterocycles. The van der Waals surface area contributed by atoms with Crippen molar-refractivity contribution in [2.24, 2.45) is 0 Å². The Bertz CT molecular complexity index is 809. The number of rotatable bonds is 4. The highest BCUT2D eigenvalue weighted by Crippen LogP contribution is 2.26. The molecule has 3 rings (SSSR count). The van der Waals surface area contributed by atoms with Gasteiger partial charge in [0.25, 0.3) is 5.78 Å². The number of anilines is 1. The second kappa shape index (κ2) is 5.96. The highest BCUT2D eigenvalue weighted by molar-refractivity contribution is 7.98. The zero-order chi connectivity index (χ0) is 15.7. The van der Waals surface area contributed by atoms with Crippen molar-refractivity contribution in [2.75, 3.05) is 25.3 Å². The van der Waals surface area contributed by atoms with E-state index in [1.165, 1.54) is 16.0 Å². The largest absolute Gasteiger partial charge is 0.362 e. The summed E-state index contributed by atoms with van der Waals surface area (Å²) < 4.78 is 1.81. The van der Waals surface area contributed by atoms with E-state index in [2.05, 4.69) is 50.5 Å². The number of thioether (sulfide) groups is 1. The normalized spacial score (nSPS) is 11.1. The standard InChI is InChI=1S/C16H19N5S/c1-11-14(9-12-6-5-7-13(8-12)22-4)15(20(2)3)21-16(19-11)17-10-18-21/h5-8,10H,9H2,1-4H3. The number of benzene rings is 1. The van der Waals surface area contributed by atoms with Crippen LogP contribution in [0, 0.1) is 6.92 Å². The quantitative estimate of drug-likeness (QED) is 0.693. The average Bonchev–Trinajstić information content (AvgIpc) is 2.95. The molecule has 0 radical (unpaired) electrons. The monoisotopic (exact) mass is 313 g/mol. The number of hydrogen-bond donors (Lipinski definition) is 0. The van der Waals surface area contributed by atoms with Crippen molar-refractivity contribution in [2.45, 2.75) is 18.2 Å². The average molecular weight is 313 g/mol. The van der Waals surface area contributed by atoms with Crippen LogP contribution in [0.2, 0.25) is 0 Å². The van der Waals surface area contributed by atoms with Crippen LogP contribution in [0.25, 0.3) is 5.78 Å². The number of aromatic nitrogens is 4. The Balaban J connectivity index is 2.12. The summed E-state index contributed by atoms with van der Waals surface area (Å²) in [6.07, 6.45) is 4.47. The molecule has 0 unspecified atom stereocenters. The maximum Gasteiger partial charge on any atom is 0.254 e. The van der Waals surface area contributed by atoms with E-state index >= 15 is 0 Å². The van der Waals surface area contributed by atoms with Crippen LogP contribution in [0.3, 0.4) is 0 Å². The van der Waals surface area contributed by atoms with Gasteiger partial charge < -0.3 is 4.90 Å². The highest BCUT2D eigenvalue weighted by Gasteiger charge is 2.16. The van der Waals surface area contributed by atoms with Crippen molar-refractivity contribution in [3.63, 3.8) is 0 Å². The van der Waals surface area contributed by atoms with Crippen molar-refractivity contribution in [1.82, 2.24) is 19.6 Å². The lowest BCUT2D eigenvalue weighted by Gasteiger charge is -2.20. The molecule has 3 aromatic rings. The highest BCUT2D eigenvalue weighted by atomic mass is 32.2. The van der Waals surface area contributed by atoms with Crippen molar-refractivity contribution >= 4 is 23.4 Å². The Kier molecular flexibility index (Phi) is 4.02. The van der Waals surface area contributed by atoms with Gasteiger partial charge in [0.1, 0.15) is 12.1 Å². The molecule has 0 saturated carbocycles. The fraction of sp³-hybridized carbons (Fsp3) is 0.312. The Hall–Kier alpha value is -2.08. The topological polar surface area (TPSA) is 46.3 Å². The molecule has 5 nitrogen and oxygen atoms in total. The summed E-state index contributed by atoms with van der Waals surface area (Å²) in [4.78, 5) is 12.1. The van der Waals surface area contributed by atoms with Crippen LogP contribution >= 0.6 is 11.8 Å². The minimum atomic E-state index is 0.641. The van der Waals surface area contributed by atoms with E-state index in [4.69, 9.17) is 0 Å². The van der Waals surface area contributed by atoms with E-state index in [9.17, 15) is 0 Å². The molecule has 0 aliphatic carbocycles. The third-order valence-electron chi connectivity index (χ3n) is 3.64. The summed E-state index contributed by atoms with van der Waals surface area (Å²) in [5, 5.41) is 4.31. The zero-order valence-corrected chi connectivity index (χ0v) is 14.1. The van der Waals surface area contributed by atoms with Crippen LogP contribution in [0.4, 0.5) is 5.82 Å². The van der Waals surface area contributed by atoms with Gasteiger partial charge in [-0.2, -0.15) is 14.6 Å². The Labute approximate surface area is 134 Å². The molecule has 114 valence electrons. The summed E-state index contributed by atoms with van der Waals surface area (Å²) in [6, 6.07) is 8.62. The summed E-state index contributed by atoms with van der Waals surface area (Å²) in [6.45, 7) is 2.04. The van der Waals surface area contributed by atoms with Gasteiger partial charge in [-0.15, -0.1) is 11.8 Å². The summed E-state index contributed by atoms with van der Waals surface area (Å²) in [7, 11) is 4.05. The minimum Gasteiger partial charge on any atom is -0.362 e. The molecule has 6 heteroatoms. The molecule has 0 aliphatic heterocycles. The van der Waals surface area contributed by atoms with E-state index in [0.29, 0.717) is 5.78 Å². The van der Waals surface area contributed by atoms with Gasteiger partial charge in [0.2, 0.25) is 0 Å². The van der Waals surface area contributed by atoms with E-state index in [1.807, 2.05) is 21.0 Å². The van der Waals surface area contributed by atoms with Crippen LogP contribution in [-0.2, 0) is 6.42 Å². The minimum absolute atomic E-state index is 0.641. The van der Waals surface area contributed by atoms with Gasteiger partial charge in [0.15, 0.2) is 0 Å². The number of fused-ring (bicyclic) bond motifs is 1. The van der Waals surface area contributed by atoms with Gasteiger partial charge >= 0.3 is 0 Å². The molecule has 22 heavy (non-hydrogen) atoms. The molecule has 2 heterocycles. The van der Waals surface area contributed by atoms with Gasteiger partial charge in [-0.1, -0.05) is 12.1 Å². The van der Waals surface area contributed by atoms with E-state index in [0.717, 1.165) is 17.9 Å². The molecule has 2 aromatic heterocycles. The molecule has 0 spiro atoms. The second-order valence-electron chi connectivity index (χ2n) is 5.39. The molecule has 0 atom stereocenters. The lowest BCUT2D eigenvalue weighted by molar-refractivity contribution is 0.863. The Morgan fingerprint density at radius 3 is 2.82 bits per heavy atom. The third kappa shape index (κ3) is 2.66. The van der Waals surface area contributed by atoms with E-state index in [1.54, 1.807) is 22.6 Å². The molecule has 0 aliphatic rings. The van der Waals surface area contributed by atoms with E-state index < -0.39 is 0 Å². The zero-order valence-electron chi connectivity index (χ0n) is 13.2. The number of hydrogen-bond acceptors (Lipinski definition) is 5. The SMILES string of the molecule is CSc1cccc(Cc2c(C)nc3ncnn3c2N(C)C)c1. The fourth-order valence-electron chi connectivity index (χ4n) is 2.62. The molecule has 0 N–H and O–H groups in total. The predicted molar refractivity (Wildman–Crippen MR) is 90.9 cm³/mol. The van der Waals surface area contributed by atoms with Crippen molar-refractivity contribution in [3.05, 3.63) is 47.4 Å². The first-order valence-corrected chi connectivity index (χ1v) is 8.32. The molecule has 0 bridgehead atoms. The van der Waals surface area contributed by atoms with Crippen LogP contribution in [0.15, 0.2) is 35.5 Å². The summed E-state index contributed by atoms with van der Waals surface area (Å²) in [5.41, 5.74) is 3.46. The van der Waals surface area contributed by atoms with Gasteiger partial charge in [0, 0.05) is 36.7 Å². The van der Waals surface area contributed by atoms with Crippen molar-refractivity contribution in [3.8, 4) is 0 Å². The Morgan fingerprint density at radius 1 is 1.27 bits per heavy atom. The maximum atomic E-state index is 4.57. The third-order valence-corrected chi connectivity index (χ3v) is 4.37. The first-order valence-electron chi connectivity index (χ1n) is 7.09. The van der Waals surface area contributed by atoms with E-state index in [-0.39, 0.29) is 0 Å². The fourth-order valence-corrected chi connectivity index (χ4v) is 3.10. The van der Waals surface area contributed by atoms with Crippen LogP contribution < -0.4 is 4.90 Å². The predicted octanol–water partition coefficient (Wildman–Crippen LogP) is 2.81. The van der Waals surface area contributed by atoms with Crippen molar-refractivity contribution in [1.29, 1.82) is 0 Å². The number of nitrogens with zero attached hydrogens (tertiary/aromatic N) is 5. The van der Waals surface area contributed by atoms with Gasteiger partial charge in [-0.05, 0) is 30.9 Å². The summed E-state index contributed by atoms with van der Waals surface area (Å²) in [5.74, 6) is 1.68. The summed E-state index contributed by atoms with van der Waals surface area (Å²) >= 11 is 1.76. The lowest BCUT2D eigenvalue weighted by atomic mass is 10.0. The van der Waals surface area contributed by atoms with Gasteiger partial charge in [-0.25, -0.2) is 4.98 Å². The smallest absolute Gasteiger partial charge is 0.254 e. The molecule has 0 amide bonds. The lowest BCUT2D eigenvalue weighted by Crippen LogP contribution is -2.18.